The number of H-pyrrole nitrogens is 1. The van der Waals surface area contributed by atoms with E-state index in [1.165, 1.54) is 25.7 Å². The first-order chi connectivity index (χ1) is 9.20. The van der Waals surface area contributed by atoms with Gasteiger partial charge in [-0.2, -0.15) is 5.10 Å². The van der Waals surface area contributed by atoms with Crippen molar-refractivity contribution in [3.05, 3.63) is 11.4 Å². The highest BCUT2D eigenvalue weighted by molar-refractivity contribution is 5.97. The molecule has 4 rings (SSSR count). The van der Waals surface area contributed by atoms with Crippen LogP contribution in [0.25, 0.3) is 0 Å². The summed E-state index contributed by atoms with van der Waals surface area (Å²) in [5.41, 5.74) is 8.32. The van der Waals surface area contributed by atoms with Crippen LogP contribution in [0.5, 0.6) is 0 Å². The van der Waals surface area contributed by atoms with Gasteiger partial charge in [0.15, 0.2) is 5.69 Å². The molecule has 3 saturated carbocycles. The molecule has 0 atom stereocenters. The van der Waals surface area contributed by atoms with Gasteiger partial charge in [-0.05, 0) is 49.9 Å². The Morgan fingerprint density at radius 1 is 1.37 bits per heavy atom. The summed E-state index contributed by atoms with van der Waals surface area (Å²) >= 11 is 0. The van der Waals surface area contributed by atoms with Crippen LogP contribution < -0.4 is 11.1 Å². The van der Waals surface area contributed by atoms with Gasteiger partial charge in [-0.25, -0.2) is 0 Å². The van der Waals surface area contributed by atoms with Crippen LogP contribution in [0.15, 0.2) is 0 Å². The van der Waals surface area contributed by atoms with Gasteiger partial charge in [-0.15, -0.1) is 0 Å². The highest BCUT2D eigenvalue weighted by atomic mass is 16.2. The van der Waals surface area contributed by atoms with Gasteiger partial charge in [0.25, 0.3) is 5.91 Å². The van der Waals surface area contributed by atoms with Crippen LogP contribution in [0.3, 0.4) is 0 Å². The highest BCUT2D eigenvalue weighted by Crippen LogP contribution is 2.60. The summed E-state index contributed by atoms with van der Waals surface area (Å²) in [6.45, 7) is 0.793. The number of rotatable bonds is 5. The Morgan fingerprint density at radius 2 is 2.11 bits per heavy atom. The molecule has 1 aromatic rings. The van der Waals surface area contributed by atoms with Gasteiger partial charge in [-0.1, -0.05) is 0 Å². The Hall–Kier alpha value is -1.52. The van der Waals surface area contributed by atoms with Crippen molar-refractivity contribution in [1.82, 2.24) is 15.5 Å². The van der Waals surface area contributed by atoms with Crippen molar-refractivity contribution in [2.45, 2.75) is 44.4 Å². The molecule has 1 aromatic heterocycles. The Bertz CT molecular complexity index is 524. The van der Waals surface area contributed by atoms with Gasteiger partial charge < -0.3 is 11.1 Å². The Balaban J connectivity index is 1.42. The molecule has 5 nitrogen and oxygen atoms in total. The van der Waals surface area contributed by atoms with E-state index in [4.69, 9.17) is 5.73 Å². The number of hydrogen-bond acceptors (Lipinski definition) is 3. The number of anilines is 1. The van der Waals surface area contributed by atoms with E-state index in [1.54, 1.807) is 0 Å². The molecule has 0 bridgehead atoms. The molecule has 0 aromatic carbocycles. The predicted molar refractivity (Wildman–Crippen MR) is 71.7 cm³/mol. The largest absolute Gasteiger partial charge is 0.395 e. The molecule has 4 N–H and O–H groups in total. The molecule has 1 amide bonds. The third kappa shape index (κ3) is 1.91. The average molecular weight is 260 g/mol. The van der Waals surface area contributed by atoms with Crippen molar-refractivity contribution in [3.8, 4) is 0 Å². The van der Waals surface area contributed by atoms with E-state index in [0.717, 1.165) is 31.0 Å². The SMILES string of the molecule is Nc1c(C(=O)NCC2(C3CC3)CC2)n[nH]c1C1CC1. The molecular formula is C14H20N4O. The zero-order chi connectivity index (χ0) is 13.0. The molecule has 0 spiro atoms. The number of nitrogens with zero attached hydrogens (tertiary/aromatic N) is 1. The number of nitrogens with two attached hydrogens (primary N) is 1. The minimum absolute atomic E-state index is 0.118. The van der Waals surface area contributed by atoms with E-state index in [1.807, 2.05) is 0 Å². The topological polar surface area (TPSA) is 83.8 Å². The Labute approximate surface area is 112 Å². The zero-order valence-electron chi connectivity index (χ0n) is 11.0. The third-order valence-electron chi connectivity index (χ3n) is 4.97. The van der Waals surface area contributed by atoms with Gasteiger partial charge in [0.05, 0.1) is 11.4 Å². The molecule has 0 aliphatic heterocycles. The van der Waals surface area contributed by atoms with Crippen LogP contribution in [0.2, 0.25) is 0 Å². The van der Waals surface area contributed by atoms with Crippen molar-refractivity contribution >= 4 is 11.6 Å². The van der Waals surface area contributed by atoms with Crippen molar-refractivity contribution in [2.75, 3.05) is 12.3 Å². The van der Waals surface area contributed by atoms with Gasteiger partial charge >= 0.3 is 0 Å². The second-order valence-electron chi connectivity index (χ2n) is 6.49. The highest BCUT2D eigenvalue weighted by Gasteiger charge is 2.53. The maximum atomic E-state index is 12.2. The molecule has 3 aliphatic rings. The van der Waals surface area contributed by atoms with E-state index in [-0.39, 0.29) is 5.91 Å². The molecule has 1 heterocycles. The van der Waals surface area contributed by atoms with E-state index in [2.05, 4.69) is 15.5 Å². The first kappa shape index (κ1) is 11.3. The normalized spacial score (nSPS) is 24.2. The molecule has 5 heteroatoms. The van der Waals surface area contributed by atoms with Crippen molar-refractivity contribution in [1.29, 1.82) is 0 Å². The lowest BCUT2D eigenvalue weighted by Crippen LogP contribution is -2.31. The van der Waals surface area contributed by atoms with Crippen molar-refractivity contribution < 1.29 is 4.79 Å². The molecule has 3 aliphatic carbocycles. The first-order valence-electron chi connectivity index (χ1n) is 7.31. The molecule has 0 saturated heterocycles. The molecule has 102 valence electrons. The summed E-state index contributed by atoms with van der Waals surface area (Å²) in [5, 5.41) is 10.1. The minimum Gasteiger partial charge on any atom is -0.395 e. The molecule has 0 radical (unpaired) electrons. The van der Waals surface area contributed by atoms with Crippen LogP contribution in [0, 0.1) is 11.3 Å². The number of amides is 1. The van der Waals surface area contributed by atoms with Gasteiger partial charge in [0.1, 0.15) is 0 Å². The fraction of sp³-hybridized carbons (Fsp3) is 0.714. The Kier molecular flexibility index (Phi) is 2.23. The van der Waals surface area contributed by atoms with Crippen LogP contribution in [0.4, 0.5) is 5.69 Å². The van der Waals surface area contributed by atoms with E-state index in [9.17, 15) is 4.79 Å². The lowest BCUT2D eigenvalue weighted by atomic mass is 10.0. The maximum Gasteiger partial charge on any atom is 0.273 e. The van der Waals surface area contributed by atoms with Gasteiger partial charge in [0.2, 0.25) is 0 Å². The number of aromatic nitrogens is 2. The van der Waals surface area contributed by atoms with Crippen LogP contribution in [-0.4, -0.2) is 22.6 Å². The van der Waals surface area contributed by atoms with E-state index < -0.39 is 0 Å². The van der Waals surface area contributed by atoms with Crippen molar-refractivity contribution in [2.24, 2.45) is 11.3 Å². The quantitative estimate of drug-likeness (QED) is 0.754. The summed E-state index contributed by atoms with van der Waals surface area (Å²) in [6.07, 6.45) is 7.51. The van der Waals surface area contributed by atoms with Crippen LogP contribution in [-0.2, 0) is 0 Å². The first-order valence-corrected chi connectivity index (χ1v) is 7.31. The lowest BCUT2D eigenvalue weighted by molar-refractivity contribution is 0.0938. The van der Waals surface area contributed by atoms with Gasteiger partial charge in [-0.3, -0.25) is 9.89 Å². The number of nitrogen functional groups attached to an aromatic ring is 1. The predicted octanol–water partition coefficient (Wildman–Crippen LogP) is 1.79. The van der Waals surface area contributed by atoms with E-state index >= 15 is 0 Å². The zero-order valence-corrected chi connectivity index (χ0v) is 11.0. The number of aromatic amines is 1. The lowest BCUT2D eigenvalue weighted by Gasteiger charge is -2.14. The maximum absolute atomic E-state index is 12.2. The summed E-state index contributed by atoms with van der Waals surface area (Å²) < 4.78 is 0. The average Bonchev–Trinajstić information content (AvgIpc) is 3.25. The monoisotopic (exact) mass is 260 g/mol. The number of carbonyl (C=O) groups is 1. The standard InChI is InChI=1S/C14H20N4O/c15-10-11(8-1-2-8)17-18-12(10)13(19)16-7-14(5-6-14)9-3-4-9/h8-9H,1-7,15H2,(H,16,19)(H,17,18). The summed E-state index contributed by atoms with van der Waals surface area (Å²) in [6, 6.07) is 0. The number of hydrogen-bond donors (Lipinski definition) is 3. The smallest absolute Gasteiger partial charge is 0.273 e. The number of nitrogens with one attached hydrogen (secondary N) is 2. The fourth-order valence-electron chi connectivity index (χ4n) is 3.15. The fourth-order valence-corrected chi connectivity index (χ4v) is 3.15. The van der Waals surface area contributed by atoms with Crippen molar-refractivity contribution in [3.63, 3.8) is 0 Å². The molecule has 19 heavy (non-hydrogen) atoms. The van der Waals surface area contributed by atoms with E-state index in [0.29, 0.717) is 22.7 Å². The summed E-state index contributed by atoms with van der Waals surface area (Å²) in [5.74, 6) is 1.23. The molecule has 3 fully saturated rings. The second-order valence-corrected chi connectivity index (χ2v) is 6.49. The van der Waals surface area contributed by atoms with Crippen LogP contribution in [0.1, 0.15) is 60.6 Å². The second kappa shape index (κ2) is 3.74. The summed E-state index contributed by atoms with van der Waals surface area (Å²) in [7, 11) is 0. The van der Waals surface area contributed by atoms with Gasteiger partial charge in [0, 0.05) is 12.5 Å². The Morgan fingerprint density at radius 3 is 2.68 bits per heavy atom. The third-order valence-corrected chi connectivity index (χ3v) is 4.97. The minimum atomic E-state index is -0.118. The van der Waals surface area contributed by atoms with Crippen LogP contribution >= 0.6 is 0 Å². The summed E-state index contributed by atoms with van der Waals surface area (Å²) in [4.78, 5) is 12.2. The number of carbonyl (C=O) groups excluding carboxylic acids is 1. The molecule has 0 unspecified atom stereocenters. The molecular weight excluding hydrogens is 240 g/mol.